The van der Waals surface area contributed by atoms with E-state index in [2.05, 4.69) is 5.32 Å². The summed E-state index contributed by atoms with van der Waals surface area (Å²) in [5.74, 6) is 0.228. The minimum atomic E-state index is -0.244. The van der Waals surface area contributed by atoms with Crippen LogP contribution in [0.1, 0.15) is 39.0 Å². The molecule has 23 heavy (non-hydrogen) atoms. The van der Waals surface area contributed by atoms with Crippen molar-refractivity contribution in [3.05, 3.63) is 23.2 Å². The summed E-state index contributed by atoms with van der Waals surface area (Å²) < 4.78 is 5.22. The number of rotatable bonds is 5. The normalized spacial score (nSPS) is 15.1. The first-order valence-electron chi connectivity index (χ1n) is 7.92. The lowest BCUT2D eigenvalue weighted by Crippen LogP contribution is -2.44. The van der Waals surface area contributed by atoms with E-state index < -0.39 is 0 Å². The molecule has 1 aromatic rings. The summed E-state index contributed by atoms with van der Waals surface area (Å²) in [6.07, 6.45) is 5.35. The molecular formula is C17H23ClN2O3. The fourth-order valence-electron chi connectivity index (χ4n) is 3.01. The summed E-state index contributed by atoms with van der Waals surface area (Å²) in [5.41, 5.74) is 0.511. The second-order valence-electron chi connectivity index (χ2n) is 5.83. The van der Waals surface area contributed by atoms with Crippen molar-refractivity contribution in [2.75, 3.05) is 19.0 Å². The topological polar surface area (TPSA) is 58.6 Å². The second-order valence-corrected chi connectivity index (χ2v) is 6.27. The van der Waals surface area contributed by atoms with Gasteiger partial charge in [-0.05, 0) is 31.0 Å². The van der Waals surface area contributed by atoms with Crippen LogP contribution >= 0.6 is 11.6 Å². The molecule has 5 nitrogen and oxygen atoms in total. The summed E-state index contributed by atoms with van der Waals surface area (Å²) in [4.78, 5) is 25.9. The Labute approximate surface area is 141 Å². The van der Waals surface area contributed by atoms with Crippen LogP contribution in [0.15, 0.2) is 18.2 Å². The number of amides is 2. The number of nitrogens with one attached hydrogen (secondary N) is 1. The lowest BCUT2D eigenvalue weighted by atomic mass is 9.94. The lowest BCUT2D eigenvalue weighted by Gasteiger charge is -2.33. The third-order valence-corrected chi connectivity index (χ3v) is 4.40. The van der Waals surface area contributed by atoms with Crippen molar-refractivity contribution in [2.24, 2.45) is 0 Å². The highest BCUT2D eigenvalue weighted by atomic mass is 35.5. The van der Waals surface area contributed by atoms with Crippen LogP contribution in [0.25, 0.3) is 0 Å². The fourth-order valence-corrected chi connectivity index (χ4v) is 3.18. The maximum absolute atomic E-state index is 12.3. The van der Waals surface area contributed by atoms with Gasteiger partial charge in [-0.25, -0.2) is 0 Å². The number of carbonyl (C=O) groups is 2. The highest BCUT2D eigenvalue weighted by molar-refractivity contribution is 6.31. The molecule has 0 aliphatic heterocycles. The first kappa shape index (κ1) is 17.6. The largest absolute Gasteiger partial charge is 0.495 e. The molecule has 0 saturated heterocycles. The predicted octanol–water partition coefficient (Wildman–Crippen LogP) is 3.47. The van der Waals surface area contributed by atoms with Crippen LogP contribution < -0.4 is 10.1 Å². The van der Waals surface area contributed by atoms with Crippen molar-refractivity contribution < 1.29 is 14.3 Å². The number of ether oxygens (including phenoxy) is 1. The summed E-state index contributed by atoms with van der Waals surface area (Å²) >= 11 is 5.96. The third-order valence-electron chi connectivity index (χ3n) is 4.17. The van der Waals surface area contributed by atoms with Crippen LogP contribution in [-0.4, -0.2) is 36.4 Å². The Morgan fingerprint density at radius 2 is 2.00 bits per heavy atom. The van der Waals surface area contributed by atoms with Crippen molar-refractivity contribution in [3.63, 3.8) is 0 Å². The molecule has 0 aromatic heterocycles. The van der Waals surface area contributed by atoms with Gasteiger partial charge in [0, 0.05) is 18.0 Å². The summed E-state index contributed by atoms with van der Waals surface area (Å²) in [7, 11) is 1.53. The van der Waals surface area contributed by atoms with E-state index in [0.717, 1.165) is 25.7 Å². The van der Waals surface area contributed by atoms with E-state index in [-0.39, 0.29) is 24.4 Å². The van der Waals surface area contributed by atoms with Gasteiger partial charge in [-0.1, -0.05) is 30.9 Å². The van der Waals surface area contributed by atoms with Gasteiger partial charge in [0.25, 0.3) is 0 Å². The van der Waals surface area contributed by atoms with E-state index in [4.69, 9.17) is 16.3 Å². The first-order chi connectivity index (χ1) is 11.0. The zero-order valence-corrected chi connectivity index (χ0v) is 14.4. The van der Waals surface area contributed by atoms with Gasteiger partial charge >= 0.3 is 0 Å². The van der Waals surface area contributed by atoms with E-state index >= 15 is 0 Å². The van der Waals surface area contributed by atoms with Gasteiger partial charge in [0.05, 0.1) is 12.8 Å². The van der Waals surface area contributed by atoms with Crippen LogP contribution in [0.4, 0.5) is 5.69 Å². The summed E-state index contributed by atoms with van der Waals surface area (Å²) in [5, 5.41) is 3.30. The molecule has 0 bridgehead atoms. The molecule has 126 valence electrons. The molecule has 1 aliphatic carbocycles. The van der Waals surface area contributed by atoms with Crippen molar-refractivity contribution in [2.45, 2.75) is 45.1 Å². The molecule has 2 rings (SSSR count). The van der Waals surface area contributed by atoms with Crippen LogP contribution in [0.5, 0.6) is 5.75 Å². The molecular weight excluding hydrogens is 316 g/mol. The van der Waals surface area contributed by atoms with E-state index in [9.17, 15) is 9.59 Å². The first-order valence-corrected chi connectivity index (χ1v) is 8.29. The van der Waals surface area contributed by atoms with Crippen LogP contribution in [0.2, 0.25) is 5.02 Å². The van der Waals surface area contributed by atoms with E-state index in [1.165, 1.54) is 20.5 Å². The SMILES string of the molecule is COc1ccc(Cl)cc1NC(=O)CN(C(C)=O)C1CCCCC1. The van der Waals surface area contributed by atoms with Crippen LogP contribution in [0, 0.1) is 0 Å². The van der Waals surface area contributed by atoms with E-state index in [1.807, 2.05) is 0 Å². The lowest BCUT2D eigenvalue weighted by molar-refractivity contribution is -0.135. The maximum atomic E-state index is 12.3. The van der Waals surface area contributed by atoms with Gasteiger partial charge in [-0.3, -0.25) is 9.59 Å². The summed E-state index contributed by atoms with van der Waals surface area (Å²) in [6, 6.07) is 5.19. The van der Waals surface area contributed by atoms with E-state index in [0.29, 0.717) is 16.5 Å². The number of anilines is 1. The number of hydrogen-bond donors (Lipinski definition) is 1. The Hall–Kier alpha value is -1.75. The molecule has 0 atom stereocenters. The van der Waals surface area contributed by atoms with Crippen LogP contribution in [0.3, 0.4) is 0 Å². The quantitative estimate of drug-likeness (QED) is 0.894. The molecule has 2 amide bonds. The summed E-state index contributed by atoms with van der Waals surface area (Å²) in [6.45, 7) is 1.57. The minimum Gasteiger partial charge on any atom is -0.495 e. The van der Waals surface area contributed by atoms with Crippen molar-refractivity contribution in [1.29, 1.82) is 0 Å². The Bertz CT molecular complexity index is 571. The zero-order chi connectivity index (χ0) is 16.8. The Morgan fingerprint density at radius 1 is 1.30 bits per heavy atom. The Morgan fingerprint density at radius 3 is 2.61 bits per heavy atom. The molecule has 0 unspecified atom stereocenters. The van der Waals surface area contributed by atoms with Gasteiger partial charge in [-0.15, -0.1) is 0 Å². The average Bonchev–Trinajstić information content (AvgIpc) is 2.53. The van der Waals surface area contributed by atoms with Gasteiger partial charge in [0.1, 0.15) is 12.3 Å². The highest BCUT2D eigenvalue weighted by Gasteiger charge is 2.25. The molecule has 1 saturated carbocycles. The Kier molecular flexibility index (Phi) is 6.28. The smallest absolute Gasteiger partial charge is 0.244 e. The molecule has 1 fully saturated rings. The molecule has 0 heterocycles. The number of benzene rings is 1. The van der Waals surface area contributed by atoms with Crippen molar-refractivity contribution in [1.82, 2.24) is 4.90 Å². The highest BCUT2D eigenvalue weighted by Crippen LogP contribution is 2.28. The van der Waals surface area contributed by atoms with E-state index in [1.54, 1.807) is 23.1 Å². The zero-order valence-electron chi connectivity index (χ0n) is 13.6. The maximum Gasteiger partial charge on any atom is 0.244 e. The molecule has 1 aliphatic rings. The number of hydrogen-bond acceptors (Lipinski definition) is 3. The number of methoxy groups -OCH3 is 1. The van der Waals surface area contributed by atoms with Crippen molar-refractivity contribution >= 4 is 29.1 Å². The van der Waals surface area contributed by atoms with Crippen molar-refractivity contribution in [3.8, 4) is 5.75 Å². The minimum absolute atomic E-state index is 0.0513. The van der Waals surface area contributed by atoms with Gasteiger partial charge in [-0.2, -0.15) is 0 Å². The molecule has 0 spiro atoms. The average molecular weight is 339 g/mol. The molecule has 6 heteroatoms. The molecule has 1 N–H and O–H groups in total. The van der Waals surface area contributed by atoms with Gasteiger partial charge < -0.3 is 15.0 Å². The number of carbonyl (C=O) groups excluding carboxylic acids is 2. The molecule has 0 radical (unpaired) electrons. The predicted molar refractivity (Wildman–Crippen MR) is 90.9 cm³/mol. The second kappa shape index (κ2) is 8.20. The fraction of sp³-hybridized carbons (Fsp3) is 0.529. The standard InChI is InChI=1S/C17H23ClN2O3/c1-12(21)20(14-6-4-3-5-7-14)11-17(22)19-15-10-13(18)8-9-16(15)23-2/h8-10,14H,3-7,11H2,1-2H3,(H,19,22). The number of halogens is 1. The van der Waals surface area contributed by atoms with Gasteiger partial charge in [0.15, 0.2) is 0 Å². The van der Waals surface area contributed by atoms with Crippen LogP contribution in [-0.2, 0) is 9.59 Å². The Balaban J connectivity index is 2.04. The molecule has 1 aromatic carbocycles. The number of nitrogens with zero attached hydrogens (tertiary/aromatic N) is 1. The monoisotopic (exact) mass is 338 g/mol. The third kappa shape index (κ3) is 4.86. The van der Waals surface area contributed by atoms with Gasteiger partial charge in [0.2, 0.25) is 11.8 Å².